The normalized spacial score (nSPS) is 12.5. The van der Waals surface area contributed by atoms with Gasteiger partial charge in [0.2, 0.25) is 0 Å². The average Bonchev–Trinajstić information content (AvgIpc) is 2.64. The van der Waals surface area contributed by atoms with Gasteiger partial charge in [-0.15, -0.1) is 11.6 Å². The van der Waals surface area contributed by atoms with Crippen LogP contribution >= 0.6 is 11.6 Å². The van der Waals surface area contributed by atoms with Gasteiger partial charge in [-0.1, -0.05) is 19.9 Å². The first-order valence-corrected chi connectivity index (χ1v) is 8.02. The second-order valence-electron chi connectivity index (χ2n) is 6.95. The van der Waals surface area contributed by atoms with E-state index in [9.17, 15) is 0 Å². The molecular formula is C17H26ClN3. The number of aryl methyl sites for hydroxylation is 2. The Morgan fingerprint density at radius 2 is 2.00 bits per heavy atom. The van der Waals surface area contributed by atoms with Crippen LogP contribution in [0.4, 0.5) is 0 Å². The maximum absolute atomic E-state index is 5.96. The quantitative estimate of drug-likeness (QED) is 0.759. The first-order chi connectivity index (χ1) is 9.82. The molecule has 0 saturated heterocycles. The summed E-state index contributed by atoms with van der Waals surface area (Å²) in [4.78, 5) is 7.03. The third kappa shape index (κ3) is 3.98. The number of fused-ring (bicyclic) bond motifs is 1. The predicted molar refractivity (Wildman–Crippen MR) is 91.2 cm³/mol. The Balaban J connectivity index is 2.42. The van der Waals surface area contributed by atoms with Crippen LogP contribution in [0.5, 0.6) is 0 Å². The molecule has 0 amide bonds. The number of nitrogens with zero attached hydrogens (tertiary/aromatic N) is 3. The number of rotatable bonds is 6. The summed E-state index contributed by atoms with van der Waals surface area (Å²) in [5, 5.41) is 0. The molecule has 0 unspecified atom stereocenters. The van der Waals surface area contributed by atoms with Crippen molar-refractivity contribution < 1.29 is 0 Å². The maximum atomic E-state index is 5.96. The summed E-state index contributed by atoms with van der Waals surface area (Å²) in [6.45, 7) is 8.71. The molecule has 21 heavy (non-hydrogen) atoms. The minimum atomic E-state index is 0.184. The van der Waals surface area contributed by atoms with Gasteiger partial charge in [0.15, 0.2) is 0 Å². The van der Waals surface area contributed by atoms with Gasteiger partial charge in [-0.3, -0.25) is 0 Å². The van der Waals surface area contributed by atoms with Gasteiger partial charge in [-0.25, -0.2) is 4.98 Å². The molecule has 1 heterocycles. The average molecular weight is 308 g/mol. The van der Waals surface area contributed by atoms with E-state index < -0.39 is 0 Å². The van der Waals surface area contributed by atoms with Crippen LogP contribution in [-0.4, -0.2) is 41.0 Å². The summed E-state index contributed by atoms with van der Waals surface area (Å²) in [7, 11) is 4.24. The number of hydrogen-bond acceptors (Lipinski definition) is 2. The topological polar surface area (TPSA) is 21.1 Å². The van der Waals surface area contributed by atoms with Gasteiger partial charge in [0.25, 0.3) is 0 Å². The van der Waals surface area contributed by atoms with E-state index in [0.717, 1.165) is 30.9 Å². The van der Waals surface area contributed by atoms with Crippen LogP contribution < -0.4 is 0 Å². The molecule has 4 heteroatoms. The van der Waals surface area contributed by atoms with E-state index >= 15 is 0 Å². The highest BCUT2D eigenvalue weighted by Crippen LogP contribution is 2.25. The second-order valence-corrected chi connectivity index (χ2v) is 7.33. The van der Waals surface area contributed by atoms with Crippen LogP contribution in [0.2, 0.25) is 0 Å². The van der Waals surface area contributed by atoms with Gasteiger partial charge in [-0.05, 0) is 44.1 Å². The molecule has 0 bridgehead atoms. The van der Waals surface area contributed by atoms with Gasteiger partial charge in [0.05, 0.1) is 11.0 Å². The highest BCUT2D eigenvalue weighted by Gasteiger charge is 2.22. The molecule has 1 aromatic carbocycles. The van der Waals surface area contributed by atoms with Gasteiger partial charge >= 0.3 is 0 Å². The lowest BCUT2D eigenvalue weighted by atomic mass is 9.92. The number of halogens is 1. The molecule has 0 radical (unpaired) electrons. The number of benzene rings is 1. The standard InChI is InChI=1S/C17H26ClN3/c1-13-6-7-15-14(10-13)19-16(8-9-18)21(15)12-17(2,3)11-20(4)5/h6-7,10H,8-9,11-12H2,1-5H3. The van der Waals surface area contributed by atoms with E-state index in [4.69, 9.17) is 16.6 Å². The van der Waals surface area contributed by atoms with Crippen molar-refractivity contribution >= 4 is 22.6 Å². The molecule has 2 aromatic rings. The summed E-state index contributed by atoms with van der Waals surface area (Å²) in [5.74, 6) is 1.70. The molecule has 1 aromatic heterocycles. The molecule has 0 atom stereocenters. The van der Waals surface area contributed by atoms with E-state index in [2.05, 4.69) is 62.5 Å². The predicted octanol–water partition coefficient (Wildman–Crippen LogP) is 3.71. The lowest BCUT2D eigenvalue weighted by Gasteiger charge is -2.29. The van der Waals surface area contributed by atoms with E-state index in [1.807, 2.05) is 0 Å². The molecule has 0 aliphatic heterocycles. The van der Waals surface area contributed by atoms with Gasteiger partial charge < -0.3 is 9.47 Å². The summed E-state index contributed by atoms with van der Waals surface area (Å²) in [5.41, 5.74) is 3.73. The molecular weight excluding hydrogens is 282 g/mol. The molecule has 0 aliphatic rings. The Morgan fingerprint density at radius 1 is 1.29 bits per heavy atom. The monoisotopic (exact) mass is 307 g/mol. The first-order valence-electron chi connectivity index (χ1n) is 7.49. The largest absolute Gasteiger partial charge is 0.327 e. The smallest absolute Gasteiger partial charge is 0.111 e. The molecule has 0 saturated carbocycles. The van der Waals surface area contributed by atoms with E-state index in [1.54, 1.807) is 0 Å². The van der Waals surface area contributed by atoms with Crippen molar-refractivity contribution in [2.24, 2.45) is 5.41 Å². The summed E-state index contributed by atoms with van der Waals surface area (Å²) >= 11 is 5.96. The van der Waals surface area contributed by atoms with Crippen molar-refractivity contribution in [2.45, 2.75) is 33.7 Å². The van der Waals surface area contributed by atoms with Crippen molar-refractivity contribution in [2.75, 3.05) is 26.5 Å². The fraction of sp³-hybridized carbons (Fsp3) is 0.588. The Bertz CT molecular complexity index is 614. The van der Waals surface area contributed by atoms with E-state index in [1.165, 1.54) is 11.1 Å². The van der Waals surface area contributed by atoms with Crippen LogP contribution in [0.15, 0.2) is 18.2 Å². The zero-order chi connectivity index (χ0) is 15.6. The maximum Gasteiger partial charge on any atom is 0.111 e. The molecule has 0 N–H and O–H groups in total. The van der Waals surface area contributed by atoms with Gasteiger partial charge in [0.1, 0.15) is 5.82 Å². The van der Waals surface area contributed by atoms with E-state index in [0.29, 0.717) is 5.88 Å². The molecule has 116 valence electrons. The first kappa shape index (κ1) is 16.3. The third-order valence-corrected chi connectivity index (χ3v) is 3.82. The molecule has 0 aliphatic carbocycles. The SMILES string of the molecule is Cc1ccc2c(c1)nc(CCCl)n2CC(C)(C)CN(C)C. The third-order valence-electron chi connectivity index (χ3n) is 3.63. The second kappa shape index (κ2) is 6.37. The summed E-state index contributed by atoms with van der Waals surface area (Å²) in [6.07, 6.45) is 0.813. The molecule has 3 nitrogen and oxygen atoms in total. The lowest BCUT2D eigenvalue weighted by molar-refractivity contribution is 0.211. The Kier molecular flexibility index (Phi) is 4.95. The van der Waals surface area contributed by atoms with Crippen LogP contribution in [0, 0.1) is 12.3 Å². The minimum absolute atomic E-state index is 0.184. The van der Waals surface area contributed by atoms with E-state index in [-0.39, 0.29) is 5.41 Å². The lowest BCUT2D eigenvalue weighted by Crippen LogP contribution is -2.32. The van der Waals surface area contributed by atoms with Gasteiger partial charge in [0, 0.05) is 25.4 Å². The summed E-state index contributed by atoms with van der Waals surface area (Å²) < 4.78 is 2.35. The molecule has 0 spiro atoms. The zero-order valence-corrected chi connectivity index (χ0v) is 14.5. The molecule has 2 rings (SSSR count). The Morgan fingerprint density at radius 3 is 2.62 bits per heavy atom. The molecule has 0 fully saturated rings. The van der Waals surface area contributed by atoms with Crippen LogP contribution in [0.3, 0.4) is 0 Å². The number of hydrogen-bond donors (Lipinski definition) is 0. The van der Waals surface area contributed by atoms with Crippen molar-refractivity contribution in [3.63, 3.8) is 0 Å². The number of aromatic nitrogens is 2. The van der Waals surface area contributed by atoms with Crippen molar-refractivity contribution in [3.05, 3.63) is 29.6 Å². The Labute approximate surface area is 132 Å². The van der Waals surface area contributed by atoms with Crippen LogP contribution in [0.25, 0.3) is 11.0 Å². The fourth-order valence-electron chi connectivity index (χ4n) is 3.08. The van der Waals surface area contributed by atoms with Crippen LogP contribution in [0.1, 0.15) is 25.2 Å². The highest BCUT2D eigenvalue weighted by atomic mass is 35.5. The highest BCUT2D eigenvalue weighted by molar-refractivity contribution is 6.17. The fourth-order valence-corrected chi connectivity index (χ4v) is 3.24. The minimum Gasteiger partial charge on any atom is -0.327 e. The number of alkyl halides is 1. The van der Waals surface area contributed by atoms with Crippen molar-refractivity contribution in [1.82, 2.24) is 14.5 Å². The number of imidazole rings is 1. The zero-order valence-electron chi connectivity index (χ0n) is 13.8. The van der Waals surface area contributed by atoms with Crippen molar-refractivity contribution in [1.29, 1.82) is 0 Å². The van der Waals surface area contributed by atoms with Crippen molar-refractivity contribution in [3.8, 4) is 0 Å². The van der Waals surface area contributed by atoms with Crippen LogP contribution in [-0.2, 0) is 13.0 Å². The Hall–Kier alpha value is -1.06. The summed E-state index contributed by atoms with van der Waals surface area (Å²) in [6, 6.07) is 6.49. The van der Waals surface area contributed by atoms with Gasteiger partial charge in [-0.2, -0.15) is 0 Å².